The van der Waals surface area contributed by atoms with Crippen LogP contribution >= 0.6 is 0 Å². The second-order valence-electron chi connectivity index (χ2n) is 9.72. The van der Waals surface area contributed by atoms with E-state index in [4.69, 9.17) is 4.74 Å². The molecule has 1 aromatic carbocycles. The number of likely N-dealkylation sites (tertiary alicyclic amines) is 1. The van der Waals surface area contributed by atoms with Gasteiger partial charge in [0.15, 0.2) is 6.61 Å². The third-order valence-electron chi connectivity index (χ3n) is 5.57. The van der Waals surface area contributed by atoms with Crippen molar-refractivity contribution in [3.63, 3.8) is 0 Å². The zero-order chi connectivity index (χ0) is 22.5. The quantitative estimate of drug-likeness (QED) is 0.720. The highest BCUT2D eigenvalue weighted by Gasteiger charge is 2.28. The monoisotopic (exact) mass is 416 g/mol. The summed E-state index contributed by atoms with van der Waals surface area (Å²) in [7, 11) is 0. The van der Waals surface area contributed by atoms with Crippen LogP contribution in [0.5, 0.6) is 0 Å². The Bertz CT molecular complexity index is 749. The molecule has 1 fully saturated rings. The number of benzene rings is 1. The largest absolute Gasteiger partial charge is 0.454 e. The Morgan fingerprint density at radius 2 is 1.80 bits per heavy atom. The summed E-state index contributed by atoms with van der Waals surface area (Å²) >= 11 is 0. The molecular weight excluding hydrogens is 380 g/mol. The molecule has 2 atom stereocenters. The predicted octanol–water partition coefficient (Wildman–Crippen LogP) is 3.54. The van der Waals surface area contributed by atoms with Crippen molar-refractivity contribution in [3.8, 4) is 0 Å². The number of nitrogens with zero attached hydrogens (tertiary/aromatic N) is 1. The van der Waals surface area contributed by atoms with E-state index in [1.165, 1.54) is 0 Å². The first-order chi connectivity index (χ1) is 14.0. The van der Waals surface area contributed by atoms with Crippen LogP contribution in [0.2, 0.25) is 0 Å². The van der Waals surface area contributed by atoms with Crippen LogP contribution in [0.15, 0.2) is 24.3 Å². The lowest BCUT2D eigenvalue weighted by Gasteiger charge is -2.31. The molecule has 0 unspecified atom stereocenters. The van der Waals surface area contributed by atoms with Gasteiger partial charge in [-0.2, -0.15) is 0 Å². The molecule has 1 saturated heterocycles. The summed E-state index contributed by atoms with van der Waals surface area (Å²) < 4.78 is 5.27. The van der Waals surface area contributed by atoms with Gasteiger partial charge >= 0.3 is 5.97 Å². The van der Waals surface area contributed by atoms with Crippen molar-refractivity contribution >= 4 is 17.8 Å². The van der Waals surface area contributed by atoms with Gasteiger partial charge in [-0.1, -0.05) is 53.7 Å². The molecule has 2 amide bonds. The molecule has 0 bridgehead atoms. The molecule has 0 aromatic heterocycles. The maximum absolute atomic E-state index is 12.7. The molecule has 2 rings (SSSR count). The number of hydrogen-bond acceptors (Lipinski definition) is 4. The number of ether oxygens (including phenoxy) is 1. The van der Waals surface area contributed by atoms with E-state index in [0.717, 1.165) is 18.4 Å². The Morgan fingerprint density at radius 1 is 1.17 bits per heavy atom. The van der Waals surface area contributed by atoms with Crippen LogP contribution in [-0.2, 0) is 19.7 Å². The number of esters is 1. The average molecular weight is 417 g/mol. The summed E-state index contributed by atoms with van der Waals surface area (Å²) in [5.41, 5.74) is 1.61. The van der Waals surface area contributed by atoms with Crippen molar-refractivity contribution < 1.29 is 19.1 Å². The Kier molecular flexibility index (Phi) is 8.04. The van der Waals surface area contributed by atoms with Crippen molar-refractivity contribution in [2.24, 2.45) is 11.8 Å². The summed E-state index contributed by atoms with van der Waals surface area (Å²) in [6.45, 7) is 13.2. The van der Waals surface area contributed by atoms with Gasteiger partial charge in [0, 0.05) is 18.7 Å². The summed E-state index contributed by atoms with van der Waals surface area (Å²) in [6, 6.07) is 6.57. The van der Waals surface area contributed by atoms with E-state index in [9.17, 15) is 14.4 Å². The van der Waals surface area contributed by atoms with E-state index in [0.29, 0.717) is 24.6 Å². The lowest BCUT2D eigenvalue weighted by Crippen LogP contribution is -2.47. The molecule has 0 aliphatic carbocycles. The molecule has 1 heterocycles. The Hall–Kier alpha value is -2.37. The van der Waals surface area contributed by atoms with Gasteiger partial charge in [0.2, 0.25) is 0 Å². The smallest absolute Gasteiger partial charge is 0.329 e. The maximum Gasteiger partial charge on any atom is 0.329 e. The highest BCUT2D eigenvalue weighted by molar-refractivity contribution is 5.97. The van der Waals surface area contributed by atoms with E-state index in [1.807, 2.05) is 26.0 Å². The molecular formula is C24H36N2O4. The third kappa shape index (κ3) is 6.57. The van der Waals surface area contributed by atoms with E-state index in [-0.39, 0.29) is 29.8 Å². The number of amides is 2. The molecule has 0 radical (unpaired) electrons. The predicted molar refractivity (Wildman–Crippen MR) is 117 cm³/mol. The molecule has 6 heteroatoms. The van der Waals surface area contributed by atoms with Gasteiger partial charge in [-0.15, -0.1) is 0 Å². The van der Waals surface area contributed by atoms with Gasteiger partial charge in [0.1, 0.15) is 6.04 Å². The highest BCUT2D eigenvalue weighted by Crippen LogP contribution is 2.22. The first-order valence-electron chi connectivity index (χ1n) is 10.8. The summed E-state index contributed by atoms with van der Waals surface area (Å²) in [6.07, 6.45) is 2.08. The van der Waals surface area contributed by atoms with Crippen LogP contribution in [0.25, 0.3) is 0 Å². The lowest BCUT2D eigenvalue weighted by molar-refractivity contribution is -0.155. The van der Waals surface area contributed by atoms with Gasteiger partial charge in [0.05, 0.1) is 0 Å². The van der Waals surface area contributed by atoms with Crippen molar-refractivity contribution in [1.82, 2.24) is 10.2 Å². The summed E-state index contributed by atoms with van der Waals surface area (Å²) in [5.74, 6) is -0.793. The van der Waals surface area contributed by atoms with E-state index >= 15 is 0 Å². The second-order valence-corrected chi connectivity index (χ2v) is 9.72. The van der Waals surface area contributed by atoms with E-state index in [1.54, 1.807) is 17.0 Å². The summed E-state index contributed by atoms with van der Waals surface area (Å²) in [4.78, 5) is 39.3. The molecule has 166 valence electrons. The normalized spacial score (nSPS) is 18.1. The fourth-order valence-corrected chi connectivity index (χ4v) is 3.57. The Morgan fingerprint density at radius 3 is 2.33 bits per heavy atom. The minimum atomic E-state index is -0.812. The number of rotatable bonds is 6. The molecule has 1 aliphatic rings. The molecule has 0 saturated carbocycles. The van der Waals surface area contributed by atoms with Crippen LogP contribution in [0.3, 0.4) is 0 Å². The van der Waals surface area contributed by atoms with Crippen molar-refractivity contribution in [1.29, 1.82) is 0 Å². The van der Waals surface area contributed by atoms with Crippen molar-refractivity contribution in [2.75, 3.05) is 19.7 Å². The van der Waals surface area contributed by atoms with E-state index < -0.39 is 12.0 Å². The summed E-state index contributed by atoms with van der Waals surface area (Å²) in [5, 5.41) is 2.76. The second kappa shape index (κ2) is 10.1. The van der Waals surface area contributed by atoms with Crippen LogP contribution in [0.4, 0.5) is 0 Å². The number of nitrogens with one attached hydrogen (secondary N) is 1. The highest BCUT2D eigenvalue weighted by atomic mass is 16.5. The third-order valence-corrected chi connectivity index (χ3v) is 5.57. The topological polar surface area (TPSA) is 75.7 Å². The lowest BCUT2D eigenvalue weighted by atomic mass is 9.86. The van der Waals surface area contributed by atoms with Crippen LogP contribution in [-0.4, -0.2) is 48.4 Å². The van der Waals surface area contributed by atoms with Gasteiger partial charge < -0.3 is 15.0 Å². The fourth-order valence-electron chi connectivity index (χ4n) is 3.57. The van der Waals surface area contributed by atoms with Gasteiger partial charge in [-0.05, 0) is 47.8 Å². The Labute approximate surface area is 180 Å². The minimum Gasteiger partial charge on any atom is -0.454 e. The average Bonchev–Trinajstić information content (AvgIpc) is 2.69. The number of carbonyl (C=O) groups excluding carboxylic acids is 3. The minimum absolute atomic E-state index is 0.00202. The van der Waals surface area contributed by atoms with Crippen LogP contribution in [0.1, 0.15) is 70.3 Å². The Balaban J connectivity index is 1.95. The molecule has 6 nitrogen and oxygen atoms in total. The SMILES string of the molecule is CC(C)[C@H](NC(=O)c1ccc(C(C)(C)C)cc1)C(=O)OCC(=O)N1CCC[C@@H](C)C1. The first kappa shape index (κ1) is 23.9. The number of piperidine rings is 1. The molecule has 0 spiro atoms. The molecule has 1 aromatic rings. The van der Waals surface area contributed by atoms with Crippen molar-refractivity contribution in [3.05, 3.63) is 35.4 Å². The van der Waals surface area contributed by atoms with Gasteiger partial charge in [-0.3, -0.25) is 9.59 Å². The fraction of sp³-hybridized carbons (Fsp3) is 0.625. The van der Waals surface area contributed by atoms with Crippen LogP contribution < -0.4 is 5.32 Å². The van der Waals surface area contributed by atoms with Gasteiger partial charge in [0.25, 0.3) is 11.8 Å². The number of hydrogen-bond donors (Lipinski definition) is 1. The first-order valence-corrected chi connectivity index (χ1v) is 10.8. The zero-order valence-corrected chi connectivity index (χ0v) is 19.2. The van der Waals surface area contributed by atoms with Crippen LogP contribution in [0, 0.1) is 11.8 Å². The number of carbonyl (C=O) groups is 3. The molecule has 1 aliphatic heterocycles. The van der Waals surface area contributed by atoms with Gasteiger partial charge in [-0.25, -0.2) is 4.79 Å². The standard InChI is InChI=1S/C24H36N2O4/c1-16(2)21(23(29)30-15-20(27)26-13-7-8-17(3)14-26)25-22(28)18-9-11-19(12-10-18)24(4,5)6/h9-12,16-17,21H,7-8,13-15H2,1-6H3,(H,25,28)/t17-,21+/m1/s1. The van der Waals surface area contributed by atoms with E-state index in [2.05, 4.69) is 33.0 Å². The molecule has 30 heavy (non-hydrogen) atoms. The van der Waals surface area contributed by atoms with Crippen molar-refractivity contribution in [2.45, 2.75) is 65.8 Å². The zero-order valence-electron chi connectivity index (χ0n) is 19.2. The molecule has 1 N–H and O–H groups in total. The maximum atomic E-state index is 12.7.